The Morgan fingerprint density at radius 3 is 1.96 bits per heavy atom. The molecule has 25 heavy (non-hydrogen) atoms. The fourth-order valence-corrected chi connectivity index (χ4v) is 2.07. The molecule has 0 atom stereocenters. The maximum absolute atomic E-state index is 13.9. The lowest BCUT2D eigenvalue weighted by Gasteiger charge is -2.32. The van der Waals surface area contributed by atoms with Crippen LogP contribution < -0.4 is 0 Å². The number of rotatable bonds is 3. The van der Waals surface area contributed by atoms with Gasteiger partial charge in [-0.1, -0.05) is 24.3 Å². The molecule has 2 N–H and O–H groups in total. The van der Waals surface area contributed by atoms with Crippen LogP contribution in [0.1, 0.15) is 22.5 Å². The number of halogens is 7. The Labute approximate surface area is 136 Å². The Hall–Kier alpha value is -2.36. The first-order valence-corrected chi connectivity index (χ1v) is 6.72. The van der Waals surface area contributed by atoms with Crippen molar-refractivity contribution in [3.05, 3.63) is 52.8 Å². The smallest absolute Gasteiger partial charge is 0.369 e. The molecule has 0 bridgehead atoms. The second-order valence-electron chi connectivity index (χ2n) is 5.26. The molecule has 0 radical (unpaired) electrons. The average Bonchev–Trinajstić information content (AvgIpc) is 2.91. The standard InChI is InChI=1S/C15H11F7N2O/c1-8-6-12(24-23-8)11(16)7-9-2-4-10(5-3-9)13(25,14(17,18)19)15(20,21)22/h2-7,25H,1H3,(H,23,24)/b11-7-. The molecule has 0 unspecified atom stereocenters. The van der Waals surface area contributed by atoms with Crippen molar-refractivity contribution < 1.29 is 35.8 Å². The van der Waals surface area contributed by atoms with E-state index in [1.807, 2.05) is 0 Å². The number of aromatic nitrogens is 2. The lowest BCUT2D eigenvalue weighted by molar-refractivity contribution is -0.376. The highest BCUT2D eigenvalue weighted by Crippen LogP contribution is 2.49. The SMILES string of the molecule is Cc1cc(/C(F)=C/c2ccc(C(O)(C(F)(F)F)C(F)(F)F)cc2)n[nH]1. The molecule has 0 aliphatic heterocycles. The van der Waals surface area contributed by atoms with Gasteiger partial charge in [-0.15, -0.1) is 0 Å². The van der Waals surface area contributed by atoms with Crippen molar-refractivity contribution in [3.8, 4) is 0 Å². The molecule has 2 rings (SSSR count). The van der Waals surface area contributed by atoms with E-state index in [4.69, 9.17) is 0 Å². The van der Waals surface area contributed by atoms with E-state index in [1.165, 1.54) is 6.07 Å². The minimum Gasteiger partial charge on any atom is -0.369 e. The van der Waals surface area contributed by atoms with Gasteiger partial charge in [0, 0.05) is 11.3 Å². The van der Waals surface area contributed by atoms with Gasteiger partial charge < -0.3 is 5.11 Å². The Kier molecular flexibility index (Phi) is 4.69. The predicted molar refractivity (Wildman–Crippen MR) is 74.8 cm³/mol. The molecule has 0 aliphatic carbocycles. The third-order valence-electron chi connectivity index (χ3n) is 3.39. The molecule has 1 aromatic heterocycles. The highest BCUT2D eigenvalue weighted by Gasteiger charge is 2.71. The molecule has 0 amide bonds. The van der Waals surface area contributed by atoms with Gasteiger partial charge in [0.15, 0.2) is 5.83 Å². The Bertz CT molecular complexity index is 758. The number of H-pyrrole nitrogens is 1. The van der Waals surface area contributed by atoms with Gasteiger partial charge in [0.1, 0.15) is 5.69 Å². The summed E-state index contributed by atoms with van der Waals surface area (Å²) in [4.78, 5) is 0. The molecule has 0 fully saturated rings. The molecule has 0 spiro atoms. The van der Waals surface area contributed by atoms with Gasteiger partial charge in [0.05, 0.1) is 0 Å². The highest BCUT2D eigenvalue weighted by molar-refractivity contribution is 5.75. The van der Waals surface area contributed by atoms with Gasteiger partial charge in [-0.05, 0) is 24.6 Å². The number of aryl methyl sites for hydroxylation is 1. The maximum atomic E-state index is 13.9. The van der Waals surface area contributed by atoms with E-state index >= 15 is 0 Å². The molecule has 0 aliphatic rings. The van der Waals surface area contributed by atoms with Gasteiger partial charge in [-0.2, -0.15) is 31.4 Å². The largest absolute Gasteiger partial charge is 0.430 e. The van der Waals surface area contributed by atoms with Crippen LogP contribution in [0.2, 0.25) is 0 Å². The summed E-state index contributed by atoms with van der Waals surface area (Å²) in [5.41, 5.74) is -5.94. The fourth-order valence-electron chi connectivity index (χ4n) is 2.07. The minimum atomic E-state index is -5.97. The molecular weight excluding hydrogens is 357 g/mol. The number of benzene rings is 1. The minimum absolute atomic E-state index is 0.00592. The van der Waals surface area contributed by atoms with Crippen LogP contribution in [0.15, 0.2) is 30.3 Å². The van der Waals surface area contributed by atoms with Crippen molar-refractivity contribution >= 4 is 11.9 Å². The van der Waals surface area contributed by atoms with Crippen molar-refractivity contribution in [3.63, 3.8) is 0 Å². The molecule has 0 saturated carbocycles. The molecule has 1 aromatic carbocycles. The molecule has 1 heterocycles. The van der Waals surface area contributed by atoms with E-state index in [1.54, 1.807) is 6.92 Å². The quantitative estimate of drug-likeness (QED) is 0.784. The van der Waals surface area contributed by atoms with Crippen molar-refractivity contribution in [2.45, 2.75) is 24.9 Å². The van der Waals surface area contributed by atoms with E-state index in [9.17, 15) is 35.8 Å². The number of hydrogen-bond donors (Lipinski definition) is 2. The van der Waals surface area contributed by atoms with Gasteiger partial charge >= 0.3 is 12.4 Å². The predicted octanol–water partition coefficient (Wildman–Crippen LogP) is 4.50. The lowest BCUT2D eigenvalue weighted by atomic mass is 9.91. The van der Waals surface area contributed by atoms with Crippen molar-refractivity contribution in [2.75, 3.05) is 0 Å². The van der Waals surface area contributed by atoms with Crippen LogP contribution in [-0.4, -0.2) is 27.7 Å². The van der Waals surface area contributed by atoms with Crippen LogP contribution >= 0.6 is 0 Å². The molecule has 3 nitrogen and oxygen atoms in total. The fraction of sp³-hybridized carbons (Fsp3) is 0.267. The first kappa shape index (κ1) is 19.0. The summed E-state index contributed by atoms with van der Waals surface area (Å²) in [6.45, 7) is 1.62. The average molecular weight is 368 g/mol. The topological polar surface area (TPSA) is 48.9 Å². The molecular formula is C15H11F7N2O. The normalized spacial score (nSPS) is 14.0. The first-order valence-electron chi connectivity index (χ1n) is 6.72. The maximum Gasteiger partial charge on any atom is 0.430 e. The number of nitrogens with one attached hydrogen (secondary N) is 1. The summed E-state index contributed by atoms with van der Waals surface area (Å²) in [7, 11) is 0. The summed E-state index contributed by atoms with van der Waals surface area (Å²) in [6.07, 6.45) is -11.1. The number of nitrogens with zero attached hydrogens (tertiary/aromatic N) is 1. The van der Waals surface area contributed by atoms with Crippen LogP contribution in [-0.2, 0) is 5.60 Å². The molecule has 0 saturated heterocycles. The number of hydrogen-bond acceptors (Lipinski definition) is 2. The van der Waals surface area contributed by atoms with E-state index in [2.05, 4.69) is 10.2 Å². The van der Waals surface area contributed by atoms with E-state index in [0.29, 0.717) is 17.8 Å². The van der Waals surface area contributed by atoms with Gasteiger partial charge in [-0.3, -0.25) is 5.10 Å². The van der Waals surface area contributed by atoms with Crippen molar-refractivity contribution in [1.82, 2.24) is 10.2 Å². The second kappa shape index (κ2) is 6.17. The van der Waals surface area contributed by atoms with Crippen molar-refractivity contribution in [1.29, 1.82) is 0 Å². The van der Waals surface area contributed by atoms with Gasteiger partial charge in [0.25, 0.3) is 5.60 Å². The highest BCUT2D eigenvalue weighted by atomic mass is 19.4. The number of alkyl halides is 6. The lowest BCUT2D eigenvalue weighted by Crippen LogP contribution is -2.53. The second-order valence-corrected chi connectivity index (χ2v) is 5.26. The third-order valence-corrected chi connectivity index (χ3v) is 3.39. The zero-order valence-corrected chi connectivity index (χ0v) is 12.5. The summed E-state index contributed by atoms with van der Waals surface area (Å²) in [5, 5.41) is 15.4. The first-order chi connectivity index (χ1) is 11.4. The van der Waals surface area contributed by atoms with Crippen LogP contribution in [0.5, 0.6) is 0 Å². The molecule has 2 aromatic rings. The summed E-state index contributed by atoms with van der Waals surface area (Å²) in [6, 6.07) is 3.91. The zero-order chi connectivity index (χ0) is 19.0. The van der Waals surface area contributed by atoms with Gasteiger partial charge in [0.2, 0.25) is 0 Å². The monoisotopic (exact) mass is 368 g/mol. The summed E-state index contributed by atoms with van der Waals surface area (Å²) >= 11 is 0. The van der Waals surface area contributed by atoms with E-state index in [0.717, 1.165) is 18.2 Å². The van der Waals surface area contributed by atoms with Crippen LogP contribution in [0.25, 0.3) is 11.9 Å². The Morgan fingerprint density at radius 2 is 1.56 bits per heavy atom. The Morgan fingerprint density at radius 1 is 1.04 bits per heavy atom. The third kappa shape index (κ3) is 3.53. The molecule has 136 valence electrons. The van der Waals surface area contributed by atoms with E-state index < -0.39 is 29.3 Å². The summed E-state index contributed by atoms with van der Waals surface area (Å²) < 4.78 is 90.5. The number of aliphatic hydroxyl groups is 1. The van der Waals surface area contributed by atoms with Crippen molar-refractivity contribution in [2.24, 2.45) is 0 Å². The van der Waals surface area contributed by atoms with Crippen LogP contribution in [0.3, 0.4) is 0 Å². The number of aromatic amines is 1. The zero-order valence-electron chi connectivity index (χ0n) is 12.5. The molecule has 10 heteroatoms. The van der Waals surface area contributed by atoms with Crippen LogP contribution in [0, 0.1) is 6.92 Å². The van der Waals surface area contributed by atoms with Gasteiger partial charge in [-0.25, -0.2) is 4.39 Å². The Balaban J connectivity index is 2.39. The summed E-state index contributed by atoms with van der Waals surface area (Å²) in [5.74, 6) is -0.834. The van der Waals surface area contributed by atoms with E-state index in [-0.39, 0.29) is 11.3 Å². The van der Waals surface area contributed by atoms with Crippen LogP contribution in [0.4, 0.5) is 30.7 Å².